The van der Waals surface area contributed by atoms with Crippen molar-refractivity contribution in [1.29, 1.82) is 0 Å². The predicted molar refractivity (Wildman–Crippen MR) is 76.9 cm³/mol. The summed E-state index contributed by atoms with van der Waals surface area (Å²) in [5.41, 5.74) is -1.76. The number of benzene rings is 1. The Labute approximate surface area is 122 Å². The zero-order chi connectivity index (χ0) is 15.4. The zero-order valence-corrected chi connectivity index (χ0v) is 12.7. The van der Waals surface area contributed by atoms with Crippen molar-refractivity contribution < 1.29 is 18.3 Å². The number of nitrogens with zero attached hydrogens (tertiary/aromatic N) is 1. The van der Waals surface area contributed by atoms with Crippen molar-refractivity contribution in [1.82, 2.24) is 4.90 Å². The van der Waals surface area contributed by atoms with E-state index in [0.29, 0.717) is 0 Å². The molecule has 1 unspecified atom stereocenters. The third-order valence-electron chi connectivity index (χ3n) is 3.07. The van der Waals surface area contributed by atoms with Gasteiger partial charge in [0.25, 0.3) is 0 Å². The molecule has 0 bridgehead atoms. The number of rotatable bonds is 6. The van der Waals surface area contributed by atoms with Crippen molar-refractivity contribution in [2.75, 3.05) is 32.1 Å². The summed E-state index contributed by atoms with van der Waals surface area (Å²) in [7, 11) is 1.85. The maximum atomic E-state index is 12.7. The summed E-state index contributed by atoms with van der Waals surface area (Å²) in [4.78, 5) is 1.91. The van der Waals surface area contributed by atoms with Crippen LogP contribution < -0.4 is 0 Å². The predicted octanol–water partition coefficient (Wildman–Crippen LogP) is 3.21. The molecule has 1 atom stereocenters. The summed E-state index contributed by atoms with van der Waals surface area (Å²) in [6, 6.07) is 4.88. The van der Waals surface area contributed by atoms with Gasteiger partial charge in [0.05, 0.1) is 11.2 Å². The van der Waals surface area contributed by atoms with Crippen molar-refractivity contribution >= 4 is 11.8 Å². The summed E-state index contributed by atoms with van der Waals surface area (Å²) in [6.07, 6.45) is -2.41. The van der Waals surface area contributed by atoms with Gasteiger partial charge in [-0.3, -0.25) is 0 Å². The molecule has 2 nitrogen and oxygen atoms in total. The molecule has 20 heavy (non-hydrogen) atoms. The maximum absolute atomic E-state index is 12.7. The van der Waals surface area contributed by atoms with Gasteiger partial charge in [0.15, 0.2) is 0 Å². The molecule has 0 fully saturated rings. The molecule has 0 amide bonds. The Morgan fingerprint density at radius 1 is 1.25 bits per heavy atom. The zero-order valence-electron chi connectivity index (χ0n) is 11.9. The summed E-state index contributed by atoms with van der Waals surface area (Å²) in [6.45, 7) is 2.60. The van der Waals surface area contributed by atoms with Crippen LogP contribution in [0.1, 0.15) is 18.1 Å². The van der Waals surface area contributed by atoms with E-state index < -0.39 is 17.3 Å². The first kappa shape index (κ1) is 17.3. The lowest BCUT2D eigenvalue weighted by Crippen LogP contribution is -2.37. The standard InChI is InChI=1S/C14H20F3NOS/c1-13(19,10-18(2)7-8-20-3)11-5-4-6-12(9-11)14(15,16)17/h4-6,9,19H,7-8,10H2,1-3H3. The molecule has 0 heterocycles. The highest BCUT2D eigenvalue weighted by atomic mass is 32.2. The molecule has 0 saturated carbocycles. The molecule has 0 saturated heterocycles. The quantitative estimate of drug-likeness (QED) is 0.873. The van der Waals surface area contributed by atoms with Gasteiger partial charge < -0.3 is 10.0 Å². The maximum Gasteiger partial charge on any atom is 0.416 e. The van der Waals surface area contributed by atoms with Crippen molar-refractivity contribution in [3.8, 4) is 0 Å². The van der Waals surface area contributed by atoms with Gasteiger partial charge in [-0.15, -0.1) is 0 Å². The Hall–Kier alpha value is -0.720. The van der Waals surface area contributed by atoms with Gasteiger partial charge in [0, 0.05) is 18.8 Å². The Morgan fingerprint density at radius 3 is 2.40 bits per heavy atom. The summed E-state index contributed by atoms with van der Waals surface area (Å²) >= 11 is 1.69. The van der Waals surface area contributed by atoms with Crippen molar-refractivity contribution in [2.24, 2.45) is 0 Å². The highest BCUT2D eigenvalue weighted by molar-refractivity contribution is 7.98. The van der Waals surface area contributed by atoms with E-state index in [0.717, 1.165) is 24.4 Å². The Bertz CT molecular complexity index is 435. The molecule has 0 aromatic heterocycles. The molecule has 0 aliphatic rings. The van der Waals surface area contributed by atoms with Gasteiger partial charge in [-0.1, -0.05) is 12.1 Å². The molecule has 6 heteroatoms. The van der Waals surface area contributed by atoms with Crippen molar-refractivity contribution in [3.63, 3.8) is 0 Å². The van der Waals surface area contributed by atoms with Crippen LogP contribution in [-0.4, -0.2) is 42.2 Å². The van der Waals surface area contributed by atoms with Crippen LogP contribution >= 0.6 is 11.8 Å². The fourth-order valence-electron chi connectivity index (χ4n) is 1.97. The first-order valence-electron chi connectivity index (χ1n) is 6.24. The van der Waals surface area contributed by atoms with Crippen LogP contribution in [0.15, 0.2) is 24.3 Å². The van der Waals surface area contributed by atoms with Crippen LogP contribution in [0.25, 0.3) is 0 Å². The van der Waals surface area contributed by atoms with E-state index in [4.69, 9.17) is 0 Å². The molecule has 0 aliphatic carbocycles. The fraction of sp³-hybridized carbons (Fsp3) is 0.571. The molecule has 1 aromatic carbocycles. The third-order valence-corrected chi connectivity index (χ3v) is 3.66. The summed E-state index contributed by atoms with van der Waals surface area (Å²) in [5.74, 6) is 0.912. The minimum atomic E-state index is -4.39. The van der Waals surface area contributed by atoms with Crippen LogP contribution in [0.3, 0.4) is 0 Å². The molecule has 114 valence electrons. The van der Waals surface area contributed by atoms with E-state index in [1.807, 2.05) is 18.2 Å². The molecular weight excluding hydrogens is 287 g/mol. The highest BCUT2D eigenvalue weighted by Gasteiger charge is 2.33. The number of alkyl halides is 3. The van der Waals surface area contributed by atoms with E-state index >= 15 is 0 Å². The molecule has 1 N–H and O–H groups in total. The monoisotopic (exact) mass is 307 g/mol. The lowest BCUT2D eigenvalue weighted by atomic mass is 9.94. The van der Waals surface area contributed by atoms with Crippen LogP contribution in [0.2, 0.25) is 0 Å². The summed E-state index contributed by atoms with van der Waals surface area (Å²) < 4.78 is 38.1. The second-order valence-electron chi connectivity index (χ2n) is 5.08. The minimum Gasteiger partial charge on any atom is -0.384 e. The normalized spacial score (nSPS) is 15.4. The smallest absolute Gasteiger partial charge is 0.384 e. The average molecular weight is 307 g/mol. The van der Waals surface area contributed by atoms with Gasteiger partial charge in [0.1, 0.15) is 0 Å². The van der Waals surface area contributed by atoms with Gasteiger partial charge in [-0.2, -0.15) is 24.9 Å². The minimum absolute atomic E-state index is 0.281. The molecule has 1 aromatic rings. The van der Waals surface area contributed by atoms with E-state index in [1.165, 1.54) is 19.1 Å². The van der Waals surface area contributed by atoms with Crippen LogP contribution in [0.4, 0.5) is 13.2 Å². The number of aliphatic hydroxyl groups is 1. The van der Waals surface area contributed by atoms with E-state index in [-0.39, 0.29) is 12.1 Å². The number of thioether (sulfide) groups is 1. The molecule has 0 aliphatic heterocycles. The van der Waals surface area contributed by atoms with Crippen molar-refractivity contribution in [3.05, 3.63) is 35.4 Å². The van der Waals surface area contributed by atoms with Gasteiger partial charge >= 0.3 is 6.18 Å². The number of hydrogen-bond acceptors (Lipinski definition) is 3. The second-order valence-corrected chi connectivity index (χ2v) is 6.07. The highest BCUT2D eigenvalue weighted by Crippen LogP contribution is 2.32. The SMILES string of the molecule is CSCCN(C)CC(C)(O)c1cccc(C(F)(F)F)c1. The van der Waals surface area contributed by atoms with Gasteiger partial charge in [0.2, 0.25) is 0 Å². The fourth-order valence-corrected chi connectivity index (χ4v) is 2.47. The van der Waals surface area contributed by atoms with E-state index in [1.54, 1.807) is 11.8 Å². The molecule has 0 radical (unpaired) electrons. The Kier molecular flexibility index (Phi) is 5.91. The number of halogens is 3. The Morgan fingerprint density at radius 2 is 1.85 bits per heavy atom. The topological polar surface area (TPSA) is 23.5 Å². The molecular formula is C14H20F3NOS. The van der Waals surface area contributed by atoms with Crippen LogP contribution in [-0.2, 0) is 11.8 Å². The second kappa shape index (κ2) is 6.83. The van der Waals surface area contributed by atoms with E-state index in [9.17, 15) is 18.3 Å². The average Bonchev–Trinajstić information content (AvgIpc) is 2.35. The van der Waals surface area contributed by atoms with Gasteiger partial charge in [-0.25, -0.2) is 0 Å². The Balaban J connectivity index is 2.86. The largest absolute Gasteiger partial charge is 0.416 e. The van der Waals surface area contributed by atoms with Gasteiger partial charge in [-0.05, 0) is 37.9 Å². The molecule has 0 spiro atoms. The molecule has 1 rings (SSSR count). The lowest BCUT2D eigenvalue weighted by Gasteiger charge is -2.30. The number of hydrogen-bond donors (Lipinski definition) is 1. The summed E-state index contributed by atoms with van der Waals surface area (Å²) in [5, 5.41) is 10.4. The first-order valence-corrected chi connectivity index (χ1v) is 7.64. The first-order chi connectivity index (χ1) is 9.16. The lowest BCUT2D eigenvalue weighted by molar-refractivity contribution is -0.137. The van der Waals surface area contributed by atoms with Crippen LogP contribution in [0, 0.1) is 0 Å². The van der Waals surface area contributed by atoms with Crippen LogP contribution in [0.5, 0.6) is 0 Å². The number of likely N-dealkylation sites (N-methyl/N-ethyl adjacent to an activating group) is 1. The van der Waals surface area contributed by atoms with E-state index in [2.05, 4.69) is 0 Å². The third kappa shape index (κ3) is 5.00. The van der Waals surface area contributed by atoms with Crippen molar-refractivity contribution in [2.45, 2.75) is 18.7 Å².